The molecule has 168 valence electrons. The highest BCUT2D eigenvalue weighted by Crippen LogP contribution is 2.16. The van der Waals surface area contributed by atoms with Crippen molar-refractivity contribution in [1.82, 2.24) is 10.2 Å². The number of aryl methyl sites for hydroxylation is 1. The molecule has 1 aliphatic rings. The highest BCUT2D eigenvalue weighted by atomic mass is 16.5. The number of ether oxygens (including phenoxy) is 3. The SMILES string of the molecule is Cc1cccc(OC(C)C(=O)NCc2cccc(OCCN(C)C3CCOCC3)c2)c1. The van der Waals surface area contributed by atoms with Crippen molar-refractivity contribution in [2.75, 3.05) is 33.4 Å². The fourth-order valence-electron chi connectivity index (χ4n) is 3.64. The van der Waals surface area contributed by atoms with Crippen molar-refractivity contribution < 1.29 is 19.0 Å². The van der Waals surface area contributed by atoms with E-state index in [0.717, 1.165) is 49.5 Å². The van der Waals surface area contributed by atoms with Gasteiger partial charge in [-0.05, 0) is 69.1 Å². The fourth-order valence-corrected chi connectivity index (χ4v) is 3.64. The summed E-state index contributed by atoms with van der Waals surface area (Å²) in [5.41, 5.74) is 2.09. The Morgan fingerprint density at radius 3 is 2.68 bits per heavy atom. The van der Waals surface area contributed by atoms with Crippen LogP contribution in [-0.2, 0) is 16.1 Å². The summed E-state index contributed by atoms with van der Waals surface area (Å²) in [6, 6.07) is 16.1. The number of nitrogens with zero attached hydrogens (tertiary/aromatic N) is 1. The Kier molecular flexibility index (Phi) is 8.74. The highest BCUT2D eigenvalue weighted by Gasteiger charge is 2.18. The van der Waals surface area contributed by atoms with Crippen molar-refractivity contribution in [2.45, 2.75) is 45.4 Å². The smallest absolute Gasteiger partial charge is 0.261 e. The molecule has 0 aliphatic carbocycles. The summed E-state index contributed by atoms with van der Waals surface area (Å²) in [5.74, 6) is 1.37. The number of benzene rings is 2. The van der Waals surface area contributed by atoms with Crippen molar-refractivity contribution in [3.8, 4) is 11.5 Å². The van der Waals surface area contributed by atoms with Crippen LogP contribution in [0, 0.1) is 6.92 Å². The topological polar surface area (TPSA) is 60.0 Å². The molecule has 1 N–H and O–H groups in total. The van der Waals surface area contributed by atoms with Crippen LogP contribution >= 0.6 is 0 Å². The predicted octanol–water partition coefficient (Wildman–Crippen LogP) is 3.57. The average molecular weight is 427 g/mol. The minimum Gasteiger partial charge on any atom is -0.492 e. The van der Waals surface area contributed by atoms with Crippen LogP contribution in [0.15, 0.2) is 48.5 Å². The molecule has 1 heterocycles. The predicted molar refractivity (Wildman–Crippen MR) is 122 cm³/mol. The number of amides is 1. The van der Waals surface area contributed by atoms with E-state index in [2.05, 4.69) is 17.3 Å². The summed E-state index contributed by atoms with van der Waals surface area (Å²) >= 11 is 0. The number of nitrogens with one attached hydrogen (secondary N) is 1. The van der Waals surface area contributed by atoms with Crippen LogP contribution in [0.2, 0.25) is 0 Å². The molecule has 6 heteroatoms. The third-order valence-electron chi connectivity index (χ3n) is 5.56. The Balaban J connectivity index is 1.41. The molecular weight excluding hydrogens is 392 g/mol. The molecule has 1 amide bonds. The number of carbonyl (C=O) groups excluding carboxylic acids is 1. The second kappa shape index (κ2) is 11.7. The second-order valence-electron chi connectivity index (χ2n) is 8.11. The third-order valence-corrected chi connectivity index (χ3v) is 5.56. The summed E-state index contributed by atoms with van der Waals surface area (Å²) in [6.07, 6.45) is 1.59. The van der Waals surface area contributed by atoms with E-state index in [-0.39, 0.29) is 5.91 Å². The molecule has 1 saturated heterocycles. The largest absolute Gasteiger partial charge is 0.492 e. The maximum Gasteiger partial charge on any atom is 0.261 e. The number of likely N-dealkylation sites (N-methyl/N-ethyl adjacent to an activating group) is 1. The zero-order valence-electron chi connectivity index (χ0n) is 18.8. The van der Waals surface area contributed by atoms with E-state index in [1.165, 1.54) is 0 Å². The average Bonchev–Trinajstić information content (AvgIpc) is 2.78. The van der Waals surface area contributed by atoms with Gasteiger partial charge in [0.25, 0.3) is 5.91 Å². The molecule has 2 aromatic rings. The minimum atomic E-state index is -0.568. The molecule has 0 aromatic heterocycles. The van der Waals surface area contributed by atoms with Gasteiger partial charge in [0, 0.05) is 32.3 Å². The van der Waals surface area contributed by atoms with Gasteiger partial charge in [-0.15, -0.1) is 0 Å². The standard InChI is InChI=1S/C25H34N2O4/c1-19-6-4-9-24(16-19)31-20(2)25(28)26-18-21-7-5-8-23(17-21)30-15-12-27(3)22-10-13-29-14-11-22/h4-9,16-17,20,22H,10-15,18H2,1-3H3,(H,26,28). The van der Waals surface area contributed by atoms with Crippen LogP contribution in [0.3, 0.4) is 0 Å². The zero-order chi connectivity index (χ0) is 22.1. The maximum absolute atomic E-state index is 12.4. The van der Waals surface area contributed by atoms with Crippen LogP contribution in [0.25, 0.3) is 0 Å². The molecule has 1 fully saturated rings. The summed E-state index contributed by atoms with van der Waals surface area (Å²) in [5, 5.41) is 2.94. The molecule has 31 heavy (non-hydrogen) atoms. The maximum atomic E-state index is 12.4. The third kappa shape index (κ3) is 7.56. The molecule has 2 aromatic carbocycles. The summed E-state index contributed by atoms with van der Waals surface area (Å²) in [7, 11) is 2.14. The van der Waals surface area contributed by atoms with Gasteiger partial charge >= 0.3 is 0 Å². The summed E-state index contributed by atoms with van der Waals surface area (Å²) < 4.78 is 17.1. The number of hydrogen-bond donors (Lipinski definition) is 1. The Bertz CT molecular complexity index is 836. The van der Waals surface area contributed by atoms with Gasteiger partial charge in [0.15, 0.2) is 6.10 Å². The van der Waals surface area contributed by atoms with E-state index in [0.29, 0.717) is 24.9 Å². The van der Waals surface area contributed by atoms with Gasteiger partial charge in [-0.1, -0.05) is 24.3 Å². The zero-order valence-corrected chi connectivity index (χ0v) is 18.8. The van der Waals surface area contributed by atoms with Crippen molar-refractivity contribution in [3.63, 3.8) is 0 Å². The van der Waals surface area contributed by atoms with Gasteiger partial charge in [0.2, 0.25) is 0 Å². The molecule has 6 nitrogen and oxygen atoms in total. The Hall–Kier alpha value is -2.57. The van der Waals surface area contributed by atoms with Crippen LogP contribution < -0.4 is 14.8 Å². The first kappa shape index (κ1) is 23.1. The molecular formula is C25H34N2O4. The lowest BCUT2D eigenvalue weighted by Gasteiger charge is -2.31. The Morgan fingerprint density at radius 2 is 1.90 bits per heavy atom. The quantitative estimate of drug-likeness (QED) is 0.629. The van der Waals surface area contributed by atoms with Crippen LogP contribution in [0.4, 0.5) is 0 Å². The molecule has 0 bridgehead atoms. The van der Waals surface area contributed by atoms with E-state index in [1.807, 2.05) is 55.5 Å². The van der Waals surface area contributed by atoms with Crippen molar-refractivity contribution in [1.29, 1.82) is 0 Å². The molecule has 0 radical (unpaired) electrons. The van der Waals surface area contributed by atoms with Crippen LogP contribution in [0.1, 0.15) is 30.9 Å². The Labute approximate surface area is 185 Å². The van der Waals surface area contributed by atoms with Crippen molar-refractivity contribution >= 4 is 5.91 Å². The van der Waals surface area contributed by atoms with Gasteiger partial charge in [0.05, 0.1) is 0 Å². The Morgan fingerprint density at radius 1 is 1.16 bits per heavy atom. The van der Waals surface area contributed by atoms with E-state index >= 15 is 0 Å². The number of rotatable bonds is 10. The summed E-state index contributed by atoms with van der Waals surface area (Å²) in [6.45, 7) is 7.38. The van der Waals surface area contributed by atoms with Gasteiger partial charge < -0.3 is 19.5 Å². The molecule has 0 spiro atoms. The number of hydrogen-bond acceptors (Lipinski definition) is 5. The van der Waals surface area contributed by atoms with E-state index in [9.17, 15) is 4.79 Å². The molecule has 1 atom stereocenters. The van der Waals surface area contributed by atoms with Crippen molar-refractivity contribution in [2.24, 2.45) is 0 Å². The summed E-state index contributed by atoms with van der Waals surface area (Å²) in [4.78, 5) is 14.8. The van der Waals surface area contributed by atoms with Gasteiger partial charge in [0.1, 0.15) is 18.1 Å². The number of carbonyl (C=O) groups is 1. The highest BCUT2D eigenvalue weighted by molar-refractivity contribution is 5.80. The van der Waals surface area contributed by atoms with Crippen LogP contribution in [-0.4, -0.2) is 56.4 Å². The lowest BCUT2D eigenvalue weighted by atomic mass is 10.1. The normalized spacial score (nSPS) is 15.5. The fraction of sp³-hybridized carbons (Fsp3) is 0.480. The van der Waals surface area contributed by atoms with E-state index < -0.39 is 6.10 Å². The van der Waals surface area contributed by atoms with E-state index in [1.54, 1.807) is 6.92 Å². The molecule has 0 saturated carbocycles. The lowest BCUT2D eigenvalue weighted by Crippen LogP contribution is -2.38. The van der Waals surface area contributed by atoms with Crippen LogP contribution in [0.5, 0.6) is 11.5 Å². The molecule has 1 aliphatic heterocycles. The first-order chi connectivity index (χ1) is 15.0. The minimum absolute atomic E-state index is 0.147. The molecule has 3 rings (SSSR count). The van der Waals surface area contributed by atoms with Crippen molar-refractivity contribution in [3.05, 3.63) is 59.7 Å². The molecule has 1 unspecified atom stereocenters. The second-order valence-corrected chi connectivity index (χ2v) is 8.11. The van der Waals surface area contributed by atoms with Gasteiger partial charge in [-0.3, -0.25) is 9.69 Å². The van der Waals surface area contributed by atoms with Gasteiger partial charge in [-0.25, -0.2) is 0 Å². The van der Waals surface area contributed by atoms with E-state index in [4.69, 9.17) is 14.2 Å². The van der Waals surface area contributed by atoms with Gasteiger partial charge in [-0.2, -0.15) is 0 Å². The monoisotopic (exact) mass is 426 g/mol. The first-order valence-corrected chi connectivity index (χ1v) is 11.0. The first-order valence-electron chi connectivity index (χ1n) is 11.0. The lowest BCUT2D eigenvalue weighted by molar-refractivity contribution is -0.127.